The third-order valence-electron chi connectivity index (χ3n) is 4.11. The lowest BCUT2D eigenvalue weighted by atomic mass is 9.98. The molecule has 0 aliphatic carbocycles. The Kier molecular flexibility index (Phi) is 5.38. The van der Waals surface area contributed by atoms with Gasteiger partial charge in [0.1, 0.15) is 11.3 Å². The summed E-state index contributed by atoms with van der Waals surface area (Å²) >= 11 is 0. The van der Waals surface area contributed by atoms with E-state index in [-0.39, 0.29) is 12.1 Å². The van der Waals surface area contributed by atoms with Crippen LogP contribution in [0.4, 0.5) is 4.79 Å². The second-order valence-corrected chi connectivity index (χ2v) is 7.65. The van der Waals surface area contributed by atoms with Gasteiger partial charge in [0, 0.05) is 0 Å². The number of ether oxygens (including phenoxy) is 2. The molecule has 1 amide bonds. The Morgan fingerprint density at radius 2 is 1.96 bits per heavy atom. The molecular weight excluding hydrogens is 302 g/mol. The second kappa shape index (κ2) is 6.98. The van der Waals surface area contributed by atoms with Crippen molar-refractivity contribution in [2.24, 2.45) is 0 Å². The van der Waals surface area contributed by atoms with Crippen molar-refractivity contribution in [1.29, 1.82) is 0 Å². The molecule has 4 heteroatoms. The Morgan fingerprint density at radius 3 is 2.50 bits per heavy atom. The average molecular weight is 331 g/mol. The van der Waals surface area contributed by atoms with Gasteiger partial charge in [0.05, 0.1) is 12.6 Å². The summed E-state index contributed by atoms with van der Waals surface area (Å²) in [7, 11) is 0. The molecule has 24 heavy (non-hydrogen) atoms. The molecule has 132 valence electrons. The number of allylic oxidation sites excluding steroid dienone is 1. The Bertz CT molecular complexity index is 599. The van der Waals surface area contributed by atoms with Gasteiger partial charge in [-0.2, -0.15) is 0 Å². The predicted octanol–water partition coefficient (Wildman–Crippen LogP) is 4.85. The number of nitrogens with zero attached hydrogens (tertiary/aromatic N) is 1. The summed E-state index contributed by atoms with van der Waals surface area (Å²) < 4.78 is 11.5. The molecule has 1 aliphatic rings. The van der Waals surface area contributed by atoms with E-state index in [0.29, 0.717) is 6.61 Å². The third-order valence-corrected chi connectivity index (χ3v) is 4.11. The van der Waals surface area contributed by atoms with Crippen molar-refractivity contribution in [1.82, 2.24) is 4.90 Å². The van der Waals surface area contributed by atoms with E-state index in [1.807, 2.05) is 59.7 Å². The van der Waals surface area contributed by atoms with Crippen LogP contribution in [0, 0.1) is 0 Å². The van der Waals surface area contributed by atoms with Crippen LogP contribution in [0.5, 0.6) is 0 Å². The minimum Gasteiger partial charge on any atom is -0.444 e. The van der Waals surface area contributed by atoms with Crippen molar-refractivity contribution in [3.8, 4) is 0 Å². The van der Waals surface area contributed by atoms with Crippen molar-refractivity contribution in [3.05, 3.63) is 42.0 Å². The first-order valence-corrected chi connectivity index (χ1v) is 8.51. The highest BCUT2D eigenvalue weighted by atomic mass is 16.6. The van der Waals surface area contributed by atoms with Gasteiger partial charge in [0.2, 0.25) is 0 Å². The van der Waals surface area contributed by atoms with Gasteiger partial charge < -0.3 is 9.47 Å². The standard InChI is InChI=1S/C20H29NO3/c1-7-15(16-11-9-8-10-12-16)13-17-14-23-20(5,6)21(17)18(22)24-19(2,3)4/h7-12,17H,13-14H2,1-6H3/b15-7-/t17-/m0/s1. The van der Waals surface area contributed by atoms with Crippen molar-refractivity contribution in [3.63, 3.8) is 0 Å². The summed E-state index contributed by atoms with van der Waals surface area (Å²) in [5, 5.41) is 0. The summed E-state index contributed by atoms with van der Waals surface area (Å²) in [5.74, 6) is 0. The van der Waals surface area contributed by atoms with Crippen molar-refractivity contribution >= 4 is 11.7 Å². The summed E-state index contributed by atoms with van der Waals surface area (Å²) in [6.07, 6.45) is 2.52. The molecule has 0 radical (unpaired) electrons. The fourth-order valence-electron chi connectivity index (χ4n) is 3.02. The highest BCUT2D eigenvalue weighted by Crippen LogP contribution is 2.34. The first kappa shape index (κ1) is 18.5. The van der Waals surface area contributed by atoms with Crippen LogP contribution >= 0.6 is 0 Å². The van der Waals surface area contributed by atoms with Crippen LogP contribution in [-0.2, 0) is 9.47 Å². The lowest BCUT2D eigenvalue weighted by Crippen LogP contribution is -2.49. The van der Waals surface area contributed by atoms with Crippen LogP contribution in [0.1, 0.15) is 53.5 Å². The Hall–Kier alpha value is -1.81. The van der Waals surface area contributed by atoms with E-state index in [4.69, 9.17) is 9.47 Å². The number of rotatable bonds is 3. The normalized spacial score (nSPS) is 21.0. The Labute approximate surface area is 145 Å². The summed E-state index contributed by atoms with van der Waals surface area (Å²) in [5.41, 5.74) is 1.19. The molecule has 2 rings (SSSR count). The van der Waals surface area contributed by atoms with Crippen LogP contribution in [0.25, 0.3) is 5.57 Å². The van der Waals surface area contributed by atoms with Gasteiger partial charge in [-0.05, 0) is 59.1 Å². The molecular formula is C20H29NO3. The molecule has 1 aliphatic heterocycles. The van der Waals surface area contributed by atoms with Crippen LogP contribution in [-0.4, -0.2) is 35.0 Å². The van der Waals surface area contributed by atoms with Gasteiger partial charge in [-0.25, -0.2) is 4.79 Å². The Balaban J connectivity index is 2.20. The fourth-order valence-corrected chi connectivity index (χ4v) is 3.02. The van der Waals surface area contributed by atoms with Gasteiger partial charge in [0.25, 0.3) is 0 Å². The molecule has 4 nitrogen and oxygen atoms in total. The van der Waals surface area contributed by atoms with Crippen molar-refractivity contribution < 1.29 is 14.3 Å². The average Bonchev–Trinajstić information content (AvgIpc) is 2.78. The molecule has 1 heterocycles. The zero-order chi connectivity index (χ0) is 18.0. The Morgan fingerprint density at radius 1 is 1.33 bits per heavy atom. The summed E-state index contributed by atoms with van der Waals surface area (Å²) in [6, 6.07) is 10.2. The van der Waals surface area contributed by atoms with E-state index < -0.39 is 11.3 Å². The van der Waals surface area contributed by atoms with Crippen LogP contribution in [0.3, 0.4) is 0 Å². The van der Waals surface area contributed by atoms with E-state index in [1.165, 1.54) is 11.1 Å². The molecule has 1 fully saturated rings. The maximum absolute atomic E-state index is 12.7. The highest BCUT2D eigenvalue weighted by molar-refractivity contribution is 5.71. The zero-order valence-electron chi connectivity index (χ0n) is 15.6. The number of hydrogen-bond acceptors (Lipinski definition) is 3. The molecule has 0 saturated carbocycles. The number of amides is 1. The predicted molar refractivity (Wildman–Crippen MR) is 96.6 cm³/mol. The van der Waals surface area contributed by atoms with Crippen LogP contribution in [0.15, 0.2) is 36.4 Å². The number of carbonyl (C=O) groups excluding carboxylic acids is 1. The van der Waals surface area contributed by atoms with E-state index >= 15 is 0 Å². The molecule has 0 aromatic heterocycles. The monoisotopic (exact) mass is 331 g/mol. The molecule has 0 N–H and O–H groups in total. The van der Waals surface area contributed by atoms with Gasteiger partial charge >= 0.3 is 6.09 Å². The van der Waals surface area contributed by atoms with E-state index in [1.54, 1.807) is 4.90 Å². The SMILES string of the molecule is C/C=C(/C[C@H]1COC(C)(C)N1C(=O)OC(C)(C)C)c1ccccc1. The molecule has 1 saturated heterocycles. The molecule has 0 spiro atoms. The highest BCUT2D eigenvalue weighted by Gasteiger charge is 2.45. The maximum Gasteiger partial charge on any atom is 0.412 e. The van der Waals surface area contributed by atoms with Crippen molar-refractivity contribution in [2.75, 3.05) is 6.61 Å². The lowest BCUT2D eigenvalue weighted by Gasteiger charge is -2.35. The quantitative estimate of drug-likeness (QED) is 0.794. The zero-order valence-corrected chi connectivity index (χ0v) is 15.6. The van der Waals surface area contributed by atoms with E-state index in [0.717, 1.165) is 6.42 Å². The lowest BCUT2D eigenvalue weighted by molar-refractivity contribution is -0.0622. The minimum absolute atomic E-state index is 0.0405. The van der Waals surface area contributed by atoms with Gasteiger partial charge in [-0.1, -0.05) is 36.4 Å². The molecule has 0 bridgehead atoms. The number of hydrogen-bond donors (Lipinski definition) is 0. The van der Waals surface area contributed by atoms with Crippen molar-refractivity contribution in [2.45, 2.75) is 65.3 Å². The first-order chi connectivity index (χ1) is 11.1. The molecule has 1 atom stereocenters. The summed E-state index contributed by atoms with van der Waals surface area (Å²) in [6.45, 7) is 12.0. The molecule has 1 aromatic carbocycles. The fraction of sp³-hybridized carbons (Fsp3) is 0.550. The minimum atomic E-state index is -0.664. The maximum atomic E-state index is 12.7. The van der Waals surface area contributed by atoms with Gasteiger partial charge in [0.15, 0.2) is 0 Å². The third kappa shape index (κ3) is 4.38. The first-order valence-electron chi connectivity index (χ1n) is 8.51. The number of carbonyl (C=O) groups is 1. The molecule has 1 aromatic rings. The van der Waals surface area contributed by atoms with E-state index in [9.17, 15) is 4.79 Å². The van der Waals surface area contributed by atoms with Gasteiger partial charge in [-0.3, -0.25) is 4.90 Å². The smallest absolute Gasteiger partial charge is 0.412 e. The number of benzene rings is 1. The molecule has 0 unspecified atom stereocenters. The second-order valence-electron chi connectivity index (χ2n) is 7.65. The van der Waals surface area contributed by atoms with Crippen LogP contribution in [0.2, 0.25) is 0 Å². The largest absolute Gasteiger partial charge is 0.444 e. The van der Waals surface area contributed by atoms with Crippen LogP contribution < -0.4 is 0 Å². The topological polar surface area (TPSA) is 38.8 Å². The summed E-state index contributed by atoms with van der Waals surface area (Å²) in [4.78, 5) is 14.4. The van der Waals surface area contributed by atoms with Gasteiger partial charge in [-0.15, -0.1) is 0 Å². The van der Waals surface area contributed by atoms with E-state index in [2.05, 4.69) is 18.2 Å².